The van der Waals surface area contributed by atoms with Gasteiger partial charge in [-0.1, -0.05) is 41.9 Å². The van der Waals surface area contributed by atoms with Crippen LogP contribution in [0.4, 0.5) is 4.39 Å². The van der Waals surface area contributed by atoms with Crippen LogP contribution in [0.15, 0.2) is 36.4 Å². The Kier molecular flexibility index (Phi) is 4.79. The van der Waals surface area contributed by atoms with Gasteiger partial charge in [-0.2, -0.15) is 0 Å². The summed E-state index contributed by atoms with van der Waals surface area (Å²) in [5.74, 6) is -0.361. The van der Waals surface area contributed by atoms with Gasteiger partial charge in [-0.15, -0.1) is 0 Å². The summed E-state index contributed by atoms with van der Waals surface area (Å²) in [5, 5.41) is 3.52. The van der Waals surface area contributed by atoms with Gasteiger partial charge in [0.05, 0.1) is 5.02 Å². The number of benzene rings is 2. The molecule has 0 bridgehead atoms. The summed E-state index contributed by atoms with van der Waals surface area (Å²) in [6, 6.07) is 11.3. The van der Waals surface area contributed by atoms with Crippen LogP contribution < -0.4 is 5.32 Å². The highest BCUT2D eigenvalue weighted by Crippen LogP contribution is 2.27. The van der Waals surface area contributed by atoms with E-state index in [2.05, 4.69) is 37.4 Å². The van der Waals surface area contributed by atoms with Gasteiger partial charge in [0.25, 0.3) is 0 Å². The molecule has 1 N–H and O–H groups in total. The first-order valence-corrected chi connectivity index (χ1v) is 7.08. The first-order chi connectivity index (χ1) is 9.54. The minimum absolute atomic E-state index is 0.120. The fourth-order valence-corrected chi connectivity index (χ4v) is 2.65. The third kappa shape index (κ3) is 3.02. The highest BCUT2D eigenvalue weighted by molar-refractivity contribution is 6.31. The van der Waals surface area contributed by atoms with E-state index >= 15 is 0 Å². The lowest BCUT2D eigenvalue weighted by Crippen LogP contribution is -2.20. The van der Waals surface area contributed by atoms with Crippen LogP contribution in [0.5, 0.6) is 0 Å². The van der Waals surface area contributed by atoms with Gasteiger partial charge >= 0.3 is 0 Å². The van der Waals surface area contributed by atoms with Crippen molar-refractivity contribution in [3.05, 3.63) is 69.5 Å². The second-order valence-corrected chi connectivity index (χ2v) is 5.43. The number of hydrogen-bond donors (Lipinski definition) is 1. The quantitative estimate of drug-likeness (QED) is 0.868. The molecule has 0 heterocycles. The van der Waals surface area contributed by atoms with Gasteiger partial charge in [-0.25, -0.2) is 4.39 Å². The van der Waals surface area contributed by atoms with Gasteiger partial charge < -0.3 is 5.32 Å². The minimum atomic E-state index is -0.361. The van der Waals surface area contributed by atoms with Gasteiger partial charge in [0.15, 0.2) is 0 Å². The van der Waals surface area contributed by atoms with E-state index < -0.39 is 0 Å². The van der Waals surface area contributed by atoms with Crippen molar-refractivity contribution in [1.82, 2.24) is 5.32 Å². The Morgan fingerprint density at radius 3 is 2.55 bits per heavy atom. The number of likely N-dealkylation sites (N-methyl/N-ethyl adjacent to an activating group) is 1. The topological polar surface area (TPSA) is 12.0 Å². The van der Waals surface area contributed by atoms with Crippen LogP contribution in [-0.2, 0) is 6.42 Å². The van der Waals surface area contributed by atoms with Crippen LogP contribution in [-0.4, -0.2) is 7.05 Å². The lowest BCUT2D eigenvalue weighted by molar-refractivity contribution is 0.581. The van der Waals surface area contributed by atoms with E-state index in [4.69, 9.17) is 11.6 Å². The van der Waals surface area contributed by atoms with Crippen molar-refractivity contribution >= 4 is 11.6 Å². The normalized spacial score (nSPS) is 12.4. The van der Waals surface area contributed by atoms with Gasteiger partial charge in [0, 0.05) is 6.04 Å². The molecule has 0 spiro atoms. The predicted molar refractivity (Wildman–Crippen MR) is 82.8 cm³/mol. The maximum Gasteiger partial charge on any atom is 0.142 e. The maximum atomic E-state index is 13.5. The molecular weight excluding hydrogens is 273 g/mol. The average molecular weight is 292 g/mol. The van der Waals surface area contributed by atoms with Crippen molar-refractivity contribution in [2.45, 2.75) is 26.3 Å². The van der Waals surface area contributed by atoms with E-state index in [0.717, 1.165) is 5.56 Å². The highest BCUT2D eigenvalue weighted by Gasteiger charge is 2.16. The predicted octanol–water partition coefficient (Wildman–Crippen LogP) is 4.60. The molecule has 0 aliphatic carbocycles. The Labute approximate surface area is 124 Å². The van der Waals surface area contributed by atoms with Gasteiger partial charge in [0.2, 0.25) is 0 Å². The number of hydrogen-bond acceptors (Lipinski definition) is 1. The maximum absolute atomic E-state index is 13.5. The fraction of sp³-hybridized carbons (Fsp3) is 0.294. The van der Waals surface area contributed by atoms with Crippen molar-refractivity contribution < 1.29 is 4.39 Å². The zero-order chi connectivity index (χ0) is 14.7. The Morgan fingerprint density at radius 2 is 1.85 bits per heavy atom. The van der Waals surface area contributed by atoms with E-state index in [-0.39, 0.29) is 16.9 Å². The van der Waals surface area contributed by atoms with E-state index in [1.807, 2.05) is 13.1 Å². The van der Waals surface area contributed by atoms with Crippen LogP contribution in [0.1, 0.15) is 28.3 Å². The smallest absolute Gasteiger partial charge is 0.142 e. The summed E-state index contributed by atoms with van der Waals surface area (Å²) in [5.41, 5.74) is 4.58. The molecule has 0 amide bonds. The van der Waals surface area contributed by atoms with Crippen LogP contribution in [0, 0.1) is 19.7 Å². The molecule has 0 aliphatic heterocycles. The monoisotopic (exact) mass is 291 g/mol. The van der Waals surface area contributed by atoms with E-state index in [1.165, 1.54) is 22.8 Å². The van der Waals surface area contributed by atoms with Gasteiger partial charge in [-0.3, -0.25) is 0 Å². The minimum Gasteiger partial charge on any atom is -0.313 e. The third-order valence-corrected chi connectivity index (χ3v) is 4.25. The highest BCUT2D eigenvalue weighted by atomic mass is 35.5. The molecule has 106 valence electrons. The molecule has 2 aromatic carbocycles. The molecule has 0 saturated heterocycles. The second kappa shape index (κ2) is 6.38. The summed E-state index contributed by atoms with van der Waals surface area (Å²) in [7, 11) is 1.92. The van der Waals surface area contributed by atoms with Crippen molar-refractivity contribution in [2.75, 3.05) is 7.05 Å². The summed E-state index contributed by atoms with van der Waals surface area (Å²) in [6.45, 7) is 4.21. The lowest BCUT2D eigenvalue weighted by Gasteiger charge is -2.20. The van der Waals surface area contributed by atoms with Crippen LogP contribution in [0.3, 0.4) is 0 Å². The molecule has 0 saturated carbocycles. The van der Waals surface area contributed by atoms with Crippen molar-refractivity contribution in [1.29, 1.82) is 0 Å². The molecule has 1 nitrogen and oxygen atoms in total. The summed E-state index contributed by atoms with van der Waals surface area (Å²) >= 11 is 6.05. The van der Waals surface area contributed by atoms with Crippen LogP contribution in [0.25, 0.3) is 0 Å². The third-order valence-electron chi connectivity index (χ3n) is 3.83. The Bertz CT molecular complexity index is 610. The number of aryl methyl sites for hydroxylation is 1. The lowest BCUT2D eigenvalue weighted by atomic mass is 9.93. The molecule has 0 fully saturated rings. The SMILES string of the molecule is CNC(Cc1cccc(F)c1Cl)c1cccc(C)c1C. The molecule has 3 heteroatoms. The van der Waals surface area contributed by atoms with E-state index in [0.29, 0.717) is 6.42 Å². The zero-order valence-electron chi connectivity index (χ0n) is 12.0. The average Bonchev–Trinajstić information content (AvgIpc) is 2.44. The molecule has 0 aliphatic rings. The first-order valence-electron chi connectivity index (χ1n) is 6.71. The number of halogens is 2. The Hall–Kier alpha value is -1.38. The summed E-state index contributed by atoms with van der Waals surface area (Å²) in [4.78, 5) is 0. The molecule has 2 aromatic rings. The zero-order valence-corrected chi connectivity index (χ0v) is 12.8. The Morgan fingerprint density at radius 1 is 1.15 bits per heavy atom. The molecule has 20 heavy (non-hydrogen) atoms. The molecule has 0 radical (unpaired) electrons. The largest absolute Gasteiger partial charge is 0.313 e. The van der Waals surface area contributed by atoms with E-state index in [1.54, 1.807) is 6.07 Å². The Balaban J connectivity index is 2.34. The second-order valence-electron chi connectivity index (χ2n) is 5.05. The van der Waals surface area contributed by atoms with Crippen LogP contribution in [0.2, 0.25) is 5.02 Å². The van der Waals surface area contributed by atoms with Gasteiger partial charge in [-0.05, 0) is 55.6 Å². The van der Waals surface area contributed by atoms with Crippen LogP contribution >= 0.6 is 11.6 Å². The number of nitrogens with one attached hydrogen (secondary N) is 1. The van der Waals surface area contributed by atoms with Crippen molar-refractivity contribution in [3.8, 4) is 0 Å². The standard InChI is InChI=1S/C17H19ClFN/c1-11-6-4-8-14(12(11)2)16(20-3)10-13-7-5-9-15(19)17(13)18/h4-9,16,20H,10H2,1-3H3. The fourth-order valence-electron chi connectivity index (χ4n) is 2.44. The van der Waals surface area contributed by atoms with E-state index in [9.17, 15) is 4.39 Å². The molecule has 2 rings (SSSR count). The molecule has 0 aromatic heterocycles. The molecular formula is C17H19ClFN. The van der Waals surface area contributed by atoms with Gasteiger partial charge in [0.1, 0.15) is 5.82 Å². The van der Waals surface area contributed by atoms with Crippen molar-refractivity contribution in [2.24, 2.45) is 0 Å². The first kappa shape index (κ1) is 15.0. The molecule has 1 unspecified atom stereocenters. The van der Waals surface area contributed by atoms with Crippen molar-refractivity contribution in [3.63, 3.8) is 0 Å². The molecule has 1 atom stereocenters. The number of rotatable bonds is 4. The summed E-state index contributed by atoms with van der Waals surface area (Å²) < 4.78 is 13.5. The summed E-state index contributed by atoms with van der Waals surface area (Å²) in [6.07, 6.45) is 0.664.